The highest BCUT2D eigenvalue weighted by Gasteiger charge is 2.20. The summed E-state index contributed by atoms with van der Waals surface area (Å²) < 4.78 is 0. The van der Waals surface area contributed by atoms with Gasteiger partial charge >= 0.3 is 0 Å². The van der Waals surface area contributed by atoms with E-state index in [1.165, 1.54) is 6.92 Å². The molecule has 1 aromatic rings. The molecule has 1 saturated heterocycles. The molecule has 0 radical (unpaired) electrons. The van der Waals surface area contributed by atoms with Crippen LogP contribution in [0.3, 0.4) is 0 Å². The Morgan fingerprint density at radius 1 is 1.40 bits per heavy atom. The average molecular weight is 274 g/mol. The fourth-order valence-corrected chi connectivity index (χ4v) is 2.73. The zero-order valence-electron chi connectivity index (χ0n) is 12.2. The number of hydrogen-bond acceptors (Lipinski definition) is 3. The van der Waals surface area contributed by atoms with E-state index in [-0.39, 0.29) is 11.7 Å². The first kappa shape index (κ1) is 14.7. The molecule has 20 heavy (non-hydrogen) atoms. The van der Waals surface area contributed by atoms with Crippen LogP contribution in [0.1, 0.15) is 36.5 Å². The Labute approximate surface area is 120 Å². The summed E-state index contributed by atoms with van der Waals surface area (Å²) >= 11 is 0. The molecule has 2 rings (SSSR count). The third-order valence-corrected chi connectivity index (χ3v) is 3.75. The number of likely N-dealkylation sites (tertiary alicyclic amines) is 1. The van der Waals surface area contributed by atoms with E-state index in [0.717, 1.165) is 25.9 Å². The van der Waals surface area contributed by atoms with E-state index in [9.17, 15) is 9.59 Å². The second-order valence-corrected chi connectivity index (χ2v) is 5.66. The molecule has 0 aliphatic carbocycles. The van der Waals surface area contributed by atoms with Crippen LogP contribution >= 0.6 is 0 Å². The van der Waals surface area contributed by atoms with E-state index in [1.54, 1.807) is 18.2 Å². The fraction of sp³-hybridized carbons (Fsp3) is 0.500. The van der Waals surface area contributed by atoms with Crippen molar-refractivity contribution in [1.29, 1.82) is 0 Å². The number of piperidine rings is 1. The maximum absolute atomic E-state index is 12.1. The Bertz CT molecular complexity index is 499. The molecule has 1 fully saturated rings. The van der Waals surface area contributed by atoms with E-state index in [1.807, 2.05) is 6.07 Å². The summed E-state index contributed by atoms with van der Waals surface area (Å²) in [6, 6.07) is 7.10. The normalized spacial score (nSPS) is 19.6. The van der Waals surface area contributed by atoms with Crippen molar-refractivity contribution in [3.8, 4) is 0 Å². The molecule has 1 aromatic carbocycles. The van der Waals surface area contributed by atoms with Gasteiger partial charge in [0.2, 0.25) is 5.91 Å². The van der Waals surface area contributed by atoms with Gasteiger partial charge in [0.25, 0.3) is 0 Å². The lowest BCUT2D eigenvalue weighted by atomic mass is 9.95. The van der Waals surface area contributed by atoms with E-state index in [2.05, 4.69) is 17.3 Å². The standard InChI is InChI=1S/C16H22N2O2/c1-12(19)14-6-3-7-15(10-14)17-16(20)9-13-5-4-8-18(2)11-13/h3,6-7,10,13H,4-5,8-9,11H2,1-2H3,(H,17,20). The summed E-state index contributed by atoms with van der Waals surface area (Å²) in [6.07, 6.45) is 2.83. The van der Waals surface area contributed by atoms with Crippen LogP contribution in [0.15, 0.2) is 24.3 Å². The molecule has 1 aliphatic rings. The minimum Gasteiger partial charge on any atom is -0.326 e. The van der Waals surface area contributed by atoms with Crippen LogP contribution in [0.4, 0.5) is 5.69 Å². The van der Waals surface area contributed by atoms with Crippen LogP contribution in [0.5, 0.6) is 0 Å². The van der Waals surface area contributed by atoms with Gasteiger partial charge in [-0.1, -0.05) is 12.1 Å². The number of amides is 1. The summed E-state index contributed by atoms with van der Waals surface area (Å²) in [4.78, 5) is 25.6. The van der Waals surface area contributed by atoms with Crippen molar-refractivity contribution in [2.45, 2.75) is 26.2 Å². The molecule has 1 unspecified atom stereocenters. The minimum absolute atomic E-state index is 0.00926. The number of nitrogens with one attached hydrogen (secondary N) is 1. The first-order valence-corrected chi connectivity index (χ1v) is 7.14. The van der Waals surface area contributed by atoms with Gasteiger partial charge in [-0.05, 0) is 51.4 Å². The molecule has 1 N–H and O–H groups in total. The summed E-state index contributed by atoms with van der Waals surface area (Å²) in [5, 5.41) is 2.89. The molecule has 1 aliphatic heterocycles. The maximum atomic E-state index is 12.1. The lowest BCUT2D eigenvalue weighted by Gasteiger charge is -2.29. The van der Waals surface area contributed by atoms with Gasteiger partial charge in [-0.2, -0.15) is 0 Å². The van der Waals surface area contributed by atoms with Gasteiger partial charge in [0.1, 0.15) is 0 Å². The molecule has 0 saturated carbocycles. The average Bonchev–Trinajstić information content (AvgIpc) is 2.38. The van der Waals surface area contributed by atoms with E-state index < -0.39 is 0 Å². The topological polar surface area (TPSA) is 49.4 Å². The van der Waals surface area contributed by atoms with Gasteiger partial charge < -0.3 is 10.2 Å². The second kappa shape index (κ2) is 6.66. The van der Waals surface area contributed by atoms with Crippen LogP contribution in [-0.4, -0.2) is 36.7 Å². The molecule has 108 valence electrons. The Balaban J connectivity index is 1.91. The van der Waals surface area contributed by atoms with Gasteiger partial charge in [-0.25, -0.2) is 0 Å². The molecule has 4 nitrogen and oxygen atoms in total. The minimum atomic E-state index is 0.00926. The molecule has 0 bridgehead atoms. The number of Topliss-reactive ketones (excluding diaryl/α,β-unsaturated/α-hetero) is 1. The van der Waals surface area contributed by atoms with Crippen molar-refractivity contribution in [2.24, 2.45) is 5.92 Å². The largest absolute Gasteiger partial charge is 0.326 e. The number of nitrogens with zero attached hydrogens (tertiary/aromatic N) is 1. The molecule has 1 heterocycles. The molecule has 0 aromatic heterocycles. The monoisotopic (exact) mass is 274 g/mol. The highest BCUT2D eigenvalue weighted by molar-refractivity contribution is 5.97. The summed E-state index contributed by atoms with van der Waals surface area (Å²) in [5.41, 5.74) is 1.33. The van der Waals surface area contributed by atoms with Gasteiger partial charge in [0, 0.05) is 24.2 Å². The number of benzene rings is 1. The predicted molar refractivity (Wildman–Crippen MR) is 79.9 cm³/mol. The molecular weight excluding hydrogens is 252 g/mol. The Hall–Kier alpha value is -1.68. The highest BCUT2D eigenvalue weighted by Crippen LogP contribution is 2.19. The van der Waals surface area contributed by atoms with Crippen molar-refractivity contribution in [2.75, 3.05) is 25.5 Å². The second-order valence-electron chi connectivity index (χ2n) is 5.66. The summed E-state index contributed by atoms with van der Waals surface area (Å²) in [7, 11) is 2.10. The molecule has 1 atom stereocenters. The fourth-order valence-electron chi connectivity index (χ4n) is 2.73. The Morgan fingerprint density at radius 3 is 2.90 bits per heavy atom. The summed E-state index contributed by atoms with van der Waals surface area (Å²) in [6.45, 7) is 3.64. The third-order valence-electron chi connectivity index (χ3n) is 3.75. The molecule has 4 heteroatoms. The molecular formula is C16H22N2O2. The third kappa shape index (κ3) is 4.17. The van der Waals surface area contributed by atoms with Gasteiger partial charge in [-0.15, -0.1) is 0 Å². The van der Waals surface area contributed by atoms with E-state index in [4.69, 9.17) is 0 Å². The van der Waals surface area contributed by atoms with Crippen LogP contribution in [0, 0.1) is 5.92 Å². The first-order chi connectivity index (χ1) is 9.54. The van der Waals surface area contributed by atoms with Crippen molar-refractivity contribution in [3.05, 3.63) is 29.8 Å². The predicted octanol–water partition coefficient (Wildman–Crippen LogP) is 2.56. The maximum Gasteiger partial charge on any atom is 0.224 e. The number of anilines is 1. The number of rotatable bonds is 4. The number of hydrogen-bond donors (Lipinski definition) is 1. The van der Waals surface area contributed by atoms with Gasteiger partial charge in [0.15, 0.2) is 5.78 Å². The molecule has 1 amide bonds. The lowest BCUT2D eigenvalue weighted by Crippen LogP contribution is -2.34. The Morgan fingerprint density at radius 2 is 2.20 bits per heavy atom. The zero-order valence-corrected chi connectivity index (χ0v) is 12.2. The smallest absolute Gasteiger partial charge is 0.224 e. The van der Waals surface area contributed by atoms with Crippen LogP contribution in [0.2, 0.25) is 0 Å². The van der Waals surface area contributed by atoms with E-state index in [0.29, 0.717) is 23.6 Å². The zero-order chi connectivity index (χ0) is 14.5. The van der Waals surface area contributed by atoms with Crippen molar-refractivity contribution >= 4 is 17.4 Å². The van der Waals surface area contributed by atoms with Gasteiger partial charge in [0.05, 0.1) is 0 Å². The first-order valence-electron chi connectivity index (χ1n) is 7.14. The van der Waals surface area contributed by atoms with Crippen LogP contribution < -0.4 is 5.32 Å². The Kier molecular flexibility index (Phi) is 4.90. The quantitative estimate of drug-likeness (QED) is 0.858. The van der Waals surface area contributed by atoms with Crippen LogP contribution in [0.25, 0.3) is 0 Å². The number of carbonyl (C=O) groups is 2. The van der Waals surface area contributed by atoms with Crippen LogP contribution in [-0.2, 0) is 4.79 Å². The van der Waals surface area contributed by atoms with E-state index >= 15 is 0 Å². The van der Waals surface area contributed by atoms with Gasteiger partial charge in [-0.3, -0.25) is 9.59 Å². The van der Waals surface area contributed by atoms with Crippen molar-refractivity contribution in [3.63, 3.8) is 0 Å². The number of ketones is 1. The van der Waals surface area contributed by atoms with Crippen molar-refractivity contribution < 1.29 is 9.59 Å². The lowest BCUT2D eigenvalue weighted by molar-refractivity contribution is -0.117. The summed E-state index contributed by atoms with van der Waals surface area (Å²) in [5.74, 6) is 0.478. The SMILES string of the molecule is CC(=O)c1cccc(NC(=O)CC2CCCN(C)C2)c1. The highest BCUT2D eigenvalue weighted by atomic mass is 16.1. The number of carbonyl (C=O) groups excluding carboxylic acids is 2. The van der Waals surface area contributed by atoms with Crippen molar-refractivity contribution in [1.82, 2.24) is 4.90 Å². The molecule has 0 spiro atoms.